The zero-order chi connectivity index (χ0) is 20.5. The monoisotopic (exact) mass is 403 g/mol. The Labute approximate surface area is 170 Å². The Morgan fingerprint density at radius 2 is 2.00 bits per heavy atom. The van der Waals surface area contributed by atoms with E-state index < -0.39 is 0 Å². The number of nitro groups is 1. The molecule has 0 aliphatic heterocycles. The summed E-state index contributed by atoms with van der Waals surface area (Å²) in [5, 5.41) is 13.1. The van der Waals surface area contributed by atoms with Gasteiger partial charge >= 0.3 is 0 Å². The van der Waals surface area contributed by atoms with E-state index in [1.807, 2.05) is 6.92 Å². The van der Waals surface area contributed by atoms with Crippen molar-refractivity contribution in [3.8, 4) is 0 Å². The van der Waals surface area contributed by atoms with E-state index in [4.69, 9.17) is 9.73 Å². The van der Waals surface area contributed by atoms with Gasteiger partial charge in [-0.05, 0) is 59.1 Å². The Bertz CT molecular complexity index is 918. The number of benzene rings is 1. The van der Waals surface area contributed by atoms with Gasteiger partial charge in [0, 0.05) is 23.6 Å². The largest absolute Gasteiger partial charge is 0.367 e. The molecule has 1 heterocycles. The number of rotatable bonds is 5. The molecule has 1 saturated carbocycles. The summed E-state index contributed by atoms with van der Waals surface area (Å²) in [4.78, 5) is 16.5. The van der Waals surface area contributed by atoms with Crippen LogP contribution in [0.2, 0.25) is 0 Å². The van der Waals surface area contributed by atoms with Crippen LogP contribution in [0.3, 0.4) is 0 Å². The van der Waals surface area contributed by atoms with Crippen molar-refractivity contribution < 1.29 is 9.66 Å². The van der Waals surface area contributed by atoms with Gasteiger partial charge in [0.2, 0.25) is 0 Å². The molecule has 2 aromatic rings. The van der Waals surface area contributed by atoms with Crippen molar-refractivity contribution in [1.29, 1.82) is 0 Å². The molecule has 0 N–H and O–H groups in total. The van der Waals surface area contributed by atoms with E-state index in [2.05, 4.69) is 37.6 Å². The fraction of sp³-hybridized carbons (Fsp3) is 0.571. The lowest BCUT2D eigenvalue weighted by Crippen LogP contribution is -2.26. The van der Waals surface area contributed by atoms with Gasteiger partial charge in [0.1, 0.15) is 0 Å². The van der Waals surface area contributed by atoms with Crippen LogP contribution < -0.4 is 4.80 Å². The molecule has 7 heteroatoms. The van der Waals surface area contributed by atoms with E-state index in [0.717, 1.165) is 34.6 Å². The number of thiazole rings is 1. The van der Waals surface area contributed by atoms with Crippen LogP contribution in [-0.2, 0) is 4.74 Å². The standard InChI is InChI=1S/C21H29N3O3S/c1-14-12-17(24(25)26)10-11-18(14)22-20-23(16-8-6-7-9-16)19(13-28-20)15(2)27-21(3,4)5/h10-13,15-16H,6-9H2,1-5H3/t15-/m1/s1. The molecule has 0 unspecified atom stereocenters. The summed E-state index contributed by atoms with van der Waals surface area (Å²) < 4.78 is 8.56. The van der Waals surface area contributed by atoms with E-state index in [0.29, 0.717) is 6.04 Å². The van der Waals surface area contributed by atoms with Crippen molar-refractivity contribution in [1.82, 2.24) is 4.57 Å². The van der Waals surface area contributed by atoms with Crippen molar-refractivity contribution in [3.05, 3.63) is 49.8 Å². The van der Waals surface area contributed by atoms with Gasteiger partial charge in [-0.25, -0.2) is 4.99 Å². The van der Waals surface area contributed by atoms with Crippen LogP contribution in [0.15, 0.2) is 28.6 Å². The van der Waals surface area contributed by atoms with Crippen molar-refractivity contribution in [2.75, 3.05) is 0 Å². The molecule has 28 heavy (non-hydrogen) atoms. The second-order valence-electron chi connectivity index (χ2n) is 8.46. The van der Waals surface area contributed by atoms with Crippen LogP contribution in [0.25, 0.3) is 0 Å². The first-order valence-electron chi connectivity index (χ1n) is 9.83. The predicted octanol–water partition coefficient (Wildman–Crippen LogP) is 5.99. The quantitative estimate of drug-likeness (QED) is 0.455. The lowest BCUT2D eigenvalue weighted by Gasteiger charge is -2.27. The molecule has 0 radical (unpaired) electrons. The second-order valence-corrected chi connectivity index (χ2v) is 9.30. The summed E-state index contributed by atoms with van der Waals surface area (Å²) >= 11 is 1.61. The summed E-state index contributed by atoms with van der Waals surface area (Å²) in [5.41, 5.74) is 2.61. The third-order valence-corrected chi connectivity index (χ3v) is 5.87. The molecule has 152 valence electrons. The summed E-state index contributed by atoms with van der Waals surface area (Å²) in [6.45, 7) is 10.2. The number of hydrogen-bond donors (Lipinski definition) is 0. The molecule has 1 aromatic heterocycles. The third kappa shape index (κ3) is 4.70. The van der Waals surface area contributed by atoms with E-state index >= 15 is 0 Å². The second kappa shape index (κ2) is 8.17. The Morgan fingerprint density at radius 3 is 2.57 bits per heavy atom. The average molecular weight is 404 g/mol. The fourth-order valence-electron chi connectivity index (χ4n) is 3.81. The van der Waals surface area contributed by atoms with Gasteiger partial charge in [0.05, 0.1) is 28.0 Å². The molecule has 1 aliphatic carbocycles. The molecule has 0 spiro atoms. The zero-order valence-electron chi connectivity index (χ0n) is 17.3. The summed E-state index contributed by atoms with van der Waals surface area (Å²) in [5.74, 6) is 0. The summed E-state index contributed by atoms with van der Waals surface area (Å²) in [6.07, 6.45) is 4.74. The van der Waals surface area contributed by atoms with Gasteiger partial charge in [-0.15, -0.1) is 11.3 Å². The van der Waals surface area contributed by atoms with Crippen LogP contribution >= 0.6 is 11.3 Å². The minimum Gasteiger partial charge on any atom is -0.367 e. The highest BCUT2D eigenvalue weighted by molar-refractivity contribution is 7.07. The van der Waals surface area contributed by atoms with E-state index in [1.54, 1.807) is 23.5 Å². The van der Waals surface area contributed by atoms with Crippen molar-refractivity contribution in [2.24, 2.45) is 4.99 Å². The van der Waals surface area contributed by atoms with E-state index in [1.165, 1.54) is 18.9 Å². The fourth-order valence-corrected chi connectivity index (χ4v) is 4.86. The van der Waals surface area contributed by atoms with Crippen molar-refractivity contribution in [3.63, 3.8) is 0 Å². The lowest BCUT2D eigenvalue weighted by atomic mass is 10.1. The first-order chi connectivity index (χ1) is 13.2. The molecular weight excluding hydrogens is 374 g/mol. The van der Waals surface area contributed by atoms with Crippen LogP contribution in [0.5, 0.6) is 0 Å². The Balaban J connectivity index is 2.06. The topological polar surface area (TPSA) is 69.7 Å². The average Bonchev–Trinajstić information content (AvgIpc) is 3.24. The van der Waals surface area contributed by atoms with Gasteiger partial charge in [0.25, 0.3) is 5.69 Å². The minimum absolute atomic E-state index is 0.0289. The number of ether oxygens (including phenoxy) is 1. The van der Waals surface area contributed by atoms with Crippen molar-refractivity contribution in [2.45, 2.75) is 78.0 Å². The Kier molecular flexibility index (Phi) is 6.05. The summed E-state index contributed by atoms with van der Waals surface area (Å²) in [7, 11) is 0. The van der Waals surface area contributed by atoms with Gasteiger partial charge in [-0.3, -0.25) is 10.1 Å². The molecule has 1 fully saturated rings. The first-order valence-corrected chi connectivity index (χ1v) is 10.7. The lowest BCUT2D eigenvalue weighted by molar-refractivity contribution is -0.384. The number of non-ortho nitro benzene ring substituents is 1. The number of aromatic nitrogens is 1. The van der Waals surface area contributed by atoms with Crippen LogP contribution in [0.1, 0.15) is 76.8 Å². The van der Waals surface area contributed by atoms with Crippen LogP contribution in [0.4, 0.5) is 11.4 Å². The molecule has 1 aromatic carbocycles. The normalized spacial score (nSPS) is 17.2. The minimum atomic E-state index is -0.371. The number of hydrogen-bond acceptors (Lipinski definition) is 5. The Hall–Kier alpha value is -1.99. The smallest absolute Gasteiger partial charge is 0.269 e. The van der Waals surface area contributed by atoms with Crippen molar-refractivity contribution >= 4 is 22.7 Å². The molecule has 1 atom stereocenters. The van der Waals surface area contributed by atoms with Gasteiger partial charge in [0.15, 0.2) is 4.80 Å². The molecule has 6 nitrogen and oxygen atoms in total. The predicted molar refractivity (Wildman–Crippen MR) is 112 cm³/mol. The highest BCUT2D eigenvalue weighted by Gasteiger charge is 2.25. The zero-order valence-corrected chi connectivity index (χ0v) is 18.1. The van der Waals surface area contributed by atoms with E-state index in [-0.39, 0.29) is 22.3 Å². The van der Waals surface area contributed by atoms with Crippen LogP contribution in [-0.4, -0.2) is 15.1 Å². The maximum atomic E-state index is 11.0. The molecule has 0 bridgehead atoms. The Morgan fingerprint density at radius 1 is 1.32 bits per heavy atom. The van der Waals surface area contributed by atoms with E-state index in [9.17, 15) is 10.1 Å². The highest BCUT2D eigenvalue weighted by Crippen LogP contribution is 2.34. The van der Waals surface area contributed by atoms with Gasteiger partial charge < -0.3 is 9.30 Å². The molecule has 0 saturated heterocycles. The number of nitrogens with zero attached hydrogens (tertiary/aromatic N) is 3. The molecule has 0 amide bonds. The SMILES string of the molecule is Cc1cc([N+](=O)[O-])ccc1N=c1scc([C@@H](C)OC(C)(C)C)n1C1CCCC1. The maximum Gasteiger partial charge on any atom is 0.269 e. The maximum absolute atomic E-state index is 11.0. The third-order valence-electron chi connectivity index (χ3n) is 5.01. The van der Waals surface area contributed by atoms with Crippen LogP contribution in [0, 0.1) is 17.0 Å². The first kappa shape index (κ1) is 20.7. The number of aryl methyl sites for hydroxylation is 1. The molecule has 3 rings (SSSR count). The van der Waals surface area contributed by atoms with Gasteiger partial charge in [-0.2, -0.15) is 0 Å². The molecule has 1 aliphatic rings. The summed E-state index contributed by atoms with van der Waals surface area (Å²) in [6, 6.07) is 5.27. The molecular formula is C21H29N3O3S. The number of nitro benzene ring substituents is 1. The highest BCUT2D eigenvalue weighted by atomic mass is 32.1. The van der Waals surface area contributed by atoms with Gasteiger partial charge in [-0.1, -0.05) is 12.8 Å².